The highest BCUT2D eigenvalue weighted by Crippen LogP contribution is 1.21. The molecule has 0 aliphatic heterocycles. The van der Waals surface area contributed by atoms with Gasteiger partial charge in [0.25, 0.3) is 0 Å². The third-order valence-electron chi connectivity index (χ3n) is 0. The highest BCUT2D eigenvalue weighted by molar-refractivity contribution is 5.75. The lowest BCUT2D eigenvalue weighted by molar-refractivity contribution is 1.11. The Morgan fingerprint density at radius 3 is 1.00 bits per heavy atom. The molecule has 0 aromatic rings. The van der Waals surface area contributed by atoms with Crippen molar-refractivity contribution < 1.29 is 18.8 Å². The Bertz CT molecular complexity index is 35.5. The Hall–Kier alpha value is -0.725. The average Bonchev–Trinajstić information content (AvgIpc) is 0.918. The second-order valence-corrected chi connectivity index (χ2v) is 0.224. The number of nitrogens with zero attached hydrogens (tertiary/aromatic N) is 1. The van der Waals surface area contributed by atoms with Crippen molar-refractivity contribution in [2.24, 2.45) is 0 Å². The second kappa shape index (κ2) is 2310. The van der Waals surface area contributed by atoms with Crippen LogP contribution in [0.4, 0.5) is 18.8 Å². The van der Waals surface area contributed by atoms with Gasteiger partial charge in [0, 0.05) is 6.92 Å². The van der Waals surface area contributed by atoms with Gasteiger partial charge < -0.3 is 0 Å². The maximum Gasteiger partial charge on any atom is 0.0814 e. The summed E-state index contributed by atoms with van der Waals surface area (Å²) in [6.07, 6.45) is 0. The summed E-state index contributed by atoms with van der Waals surface area (Å²) in [5.41, 5.74) is 0. The lowest BCUT2D eigenvalue weighted by Crippen LogP contribution is -1.10. The highest BCUT2D eigenvalue weighted by atomic mass is 19.0. The number of nitriles is 1. The Labute approximate surface area is 46.7 Å². The van der Waals surface area contributed by atoms with E-state index in [1.54, 1.807) is 6.07 Å². The summed E-state index contributed by atoms with van der Waals surface area (Å²) in [4.78, 5) is 0. The Morgan fingerprint density at radius 2 is 1.00 bits per heavy atom. The molecule has 8 heavy (non-hydrogen) atoms. The Kier molecular flexibility index (Phi) is 50900. The molecule has 0 heterocycles. The molecule has 0 radical (unpaired) electrons. The molecule has 0 atom stereocenters. The topological polar surface area (TPSA) is 23.8 Å². The molecule has 0 N–H and O–H groups in total. The highest BCUT2D eigenvalue weighted by Gasteiger charge is 1.17. The van der Waals surface area contributed by atoms with Crippen molar-refractivity contribution in [2.45, 2.75) is 6.92 Å². The van der Waals surface area contributed by atoms with Gasteiger partial charge in [-0.15, -0.1) is 0 Å². The van der Waals surface area contributed by atoms with Crippen LogP contribution in [-0.4, -0.2) is 8.41 Å². The van der Waals surface area contributed by atoms with Gasteiger partial charge in [-0.25, -0.2) is 0 Å². The van der Waals surface area contributed by atoms with Crippen molar-refractivity contribution in [3.63, 3.8) is 0 Å². The quantitative estimate of drug-likeness (QED) is 0.337. The van der Waals surface area contributed by atoms with Crippen LogP contribution in [0.15, 0.2) is 0 Å². The van der Waals surface area contributed by atoms with Gasteiger partial charge in [-0.05, 0) is 0 Å². The summed E-state index contributed by atoms with van der Waals surface area (Å²) in [7, 11) is 0. The van der Waals surface area contributed by atoms with Crippen molar-refractivity contribution in [2.75, 3.05) is 0 Å². The predicted molar refractivity (Wildman–Crippen MR) is 31.2 cm³/mol. The van der Waals surface area contributed by atoms with Crippen molar-refractivity contribution in [3.8, 4) is 6.07 Å². The second-order valence-electron chi connectivity index (χ2n) is 0.224. The fourth-order valence-corrected chi connectivity index (χ4v) is 0. The molecule has 6 heteroatoms. The zero-order valence-electron chi connectivity index (χ0n) is 3.58. The van der Waals surface area contributed by atoms with Crippen LogP contribution in [0, 0.1) is 11.3 Å². The van der Waals surface area contributed by atoms with E-state index in [0.717, 1.165) is 0 Å². The van der Waals surface area contributed by atoms with Gasteiger partial charge >= 0.3 is 0 Å². The molecule has 0 aliphatic carbocycles. The first-order chi connectivity index (χ1) is 1.41. The van der Waals surface area contributed by atoms with Gasteiger partial charge in [-0.2, -0.15) is 5.26 Å². The number of halogens is 4. The SMILES string of the molecule is B.CC#N.F.F.F.F. The van der Waals surface area contributed by atoms with Crippen LogP contribution in [0.25, 0.3) is 0 Å². The third-order valence-corrected chi connectivity index (χ3v) is 0. The van der Waals surface area contributed by atoms with Crippen LogP contribution in [-0.2, 0) is 0 Å². The normalized spacial score (nSPS) is 1.00. The fraction of sp³-hybridized carbons (Fsp3) is 0.500. The van der Waals surface area contributed by atoms with Crippen molar-refractivity contribution in [3.05, 3.63) is 0 Å². The molecular weight excluding hydrogens is 125 g/mol. The number of rotatable bonds is 0. The van der Waals surface area contributed by atoms with Crippen LogP contribution >= 0.6 is 0 Å². The third kappa shape index (κ3) is 183. The van der Waals surface area contributed by atoms with Crippen LogP contribution < -0.4 is 0 Å². The van der Waals surface area contributed by atoms with E-state index in [2.05, 4.69) is 0 Å². The molecule has 0 rings (SSSR count). The molecule has 0 spiro atoms. The maximum absolute atomic E-state index is 7.32. The number of hydrogen-bond acceptors (Lipinski definition) is 1. The fourth-order valence-electron chi connectivity index (χ4n) is 0. The molecule has 0 amide bonds. The van der Waals surface area contributed by atoms with Gasteiger partial charge in [-0.1, -0.05) is 0 Å². The minimum absolute atomic E-state index is 0. The van der Waals surface area contributed by atoms with E-state index >= 15 is 0 Å². The van der Waals surface area contributed by atoms with Gasteiger partial charge in [0.2, 0.25) is 0 Å². The van der Waals surface area contributed by atoms with E-state index in [4.69, 9.17) is 5.26 Å². The molecule has 0 saturated carbocycles. The minimum atomic E-state index is 0. The van der Waals surface area contributed by atoms with Gasteiger partial charge in [-0.3, -0.25) is 18.8 Å². The average molecular weight is 135 g/mol. The van der Waals surface area contributed by atoms with Crippen molar-refractivity contribution in [1.82, 2.24) is 0 Å². The van der Waals surface area contributed by atoms with Gasteiger partial charge in [0.1, 0.15) is 0 Å². The van der Waals surface area contributed by atoms with Crippen molar-refractivity contribution >= 4 is 8.41 Å². The van der Waals surface area contributed by atoms with E-state index in [1.165, 1.54) is 6.92 Å². The van der Waals surface area contributed by atoms with Crippen molar-refractivity contribution in [1.29, 1.82) is 5.26 Å². The lowest BCUT2D eigenvalue weighted by Gasteiger charge is -1.15. The zero-order chi connectivity index (χ0) is 2.71. The Balaban J connectivity index is -0.00000000200. The molecule has 0 aromatic heterocycles. The van der Waals surface area contributed by atoms with E-state index in [9.17, 15) is 0 Å². The molecule has 0 bridgehead atoms. The molecule has 0 saturated heterocycles. The van der Waals surface area contributed by atoms with Crippen LogP contribution in [0.1, 0.15) is 6.92 Å². The minimum Gasteiger partial charge on any atom is -0.269 e. The van der Waals surface area contributed by atoms with E-state index in [1.807, 2.05) is 0 Å². The van der Waals surface area contributed by atoms with Gasteiger partial charge in [0.05, 0.1) is 14.5 Å². The first-order valence-corrected chi connectivity index (χ1v) is 0.724. The molecular formula is C2H10BF4N. The summed E-state index contributed by atoms with van der Waals surface area (Å²) >= 11 is 0. The predicted octanol–water partition coefficient (Wildman–Crippen LogP) is -0.0440. The summed E-state index contributed by atoms with van der Waals surface area (Å²) < 4.78 is 0. The van der Waals surface area contributed by atoms with Crippen LogP contribution in [0.2, 0.25) is 0 Å². The van der Waals surface area contributed by atoms with Gasteiger partial charge in [0.15, 0.2) is 0 Å². The molecule has 0 fully saturated rings. The molecule has 0 unspecified atom stereocenters. The lowest BCUT2D eigenvalue weighted by atomic mass is 10.8. The molecule has 0 aliphatic rings. The Morgan fingerprint density at radius 1 is 1.00 bits per heavy atom. The summed E-state index contributed by atoms with van der Waals surface area (Å²) in [6.45, 7) is 1.43. The molecule has 54 valence electrons. The summed E-state index contributed by atoms with van der Waals surface area (Å²) in [5, 5.41) is 7.32. The molecule has 0 aromatic carbocycles. The van der Waals surface area contributed by atoms with E-state index in [0.29, 0.717) is 0 Å². The summed E-state index contributed by atoms with van der Waals surface area (Å²) in [6, 6.07) is 1.75. The first kappa shape index (κ1) is 176. The number of hydrogen-bond donors (Lipinski definition) is 0. The van der Waals surface area contributed by atoms with Crippen LogP contribution in [0.5, 0.6) is 0 Å². The zero-order valence-corrected chi connectivity index (χ0v) is 3.58. The summed E-state index contributed by atoms with van der Waals surface area (Å²) in [5.74, 6) is 0. The van der Waals surface area contributed by atoms with E-state index in [-0.39, 0.29) is 27.2 Å². The maximum atomic E-state index is 7.32. The standard InChI is InChI=1S/C2H3N.BH3.4FH/c1-2-3;;;;;/h1H3;1H3;4*1H. The smallest absolute Gasteiger partial charge is 0.0814 e. The molecule has 1 nitrogen and oxygen atoms in total. The first-order valence-electron chi connectivity index (χ1n) is 0.724. The van der Waals surface area contributed by atoms with Crippen LogP contribution in [0.3, 0.4) is 0 Å². The largest absolute Gasteiger partial charge is 0.269 e. The monoisotopic (exact) mass is 135 g/mol. The van der Waals surface area contributed by atoms with E-state index < -0.39 is 0 Å².